The third-order valence-corrected chi connectivity index (χ3v) is 4.41. The Labute approximate surface area is 123 Å². The minimum absolute atomic E-state index is 0.0428. The first-order valence-corrected chi connectivity index (χ1v) is 7.89. The molecule has 2 atom stereocenters. The number of benzene rings is 1. The number of ether oxygens (including phenoxy) is 1. The monoisotopic (exact) mass is 299 g/mol. The van der Waals surface area contributed by atoms with Gasteiger partial charge in [0.25, 0.3) is 0 Å². The molecule has 0 amide bonds. The molecule has 19 heavy (non-hydrogen) atoms. The molecule has 0 aromatic heterocycles. The van der Waals surface area contributed by atoms with Crippen LogP contribution in [0.2, 0.25) is 5.02 Å². The lowest BCUT2D eigenvalue weighted by molar-refractivity contribution is -0.143. The van der Waals surface area contributed by atoms with Gasteiger partial charge in [-0.1, -0.05) is 30.7 Å². The molecule has 1 aliphatic heterocycles. The summed E-state index contributed by atoms with van der Waals surface area (Å²) in [5.74, 6) is 1.89. The lowest BCUT2D eigenvalue weighted by Gasteiger charge is -2.27. The van der Waals surface area contributed by atoms with E-state index in [1.807, 2.05) is 23.9 Å². The van der Waals surface area contributed by atoms with E-state index in [-0.39, 0.29) is 11.9 Å². The van der Waals surface area contributed by atoms with Crippen molar-refractivity contribution in [3.63, 3.8) is 0 Å². The van der Waals surface area contributed by atoms with Crippen LogP contribution in [0.4, 0.5) is 0 Å². The van der Waals surface area contributed by atoms with Crippen LogP contribution in [0.25, 0.3) is 0 Å². The van der Waals surface area contributed by atoms with Crippen LogP contribution in [0, 0.1) is 0 Å². The summed E-state index contributed by atoms with van der Waals surface area (Å²) in [7, 11) is 0. The van der Waals surface area contributed by atoms with Crippen molar-refractivity contribution < 1.29 is 9.53 Å². The van der Waals surface area contributed by atoms with E-state index in [9.17, 15) is 4.79 Å². The molecule has 1 saturated heterocycles. The molecule has 1 N–H and O–H groups in total. The number of nitrogens with one attached hydrogen (secondary N) is 1. The average Bonchev–Trinajstić information content (AvgIpc) is 2.82. The molecule has 0 spiro atoms. The van der Waals surface area contributed by atoms with Gasteiger partial charge in [-0.05, 0) is 24.8 Å². The highest BCUT2D eigenvalue weighted by Crippen LogP contribution is 2.32. The zero-order valence-electron chi connectivity index (χ0n) is 11.1. The van der Waals surface area contributed by atoms with E-state index in [0.29, 0.717) is 11.6 Å². The zero-order chi connectivity index (χ0) is 13.9. The van der Waals surface area contributed by atoms with Gasteiger partial charge in [-0.15, -0.1) is 0 Å². The molecular weight excluding hydrogens is 282 g/mol. The van der Waals surface area contributed by atoms with E-state index in [2.05, 4.69) is 12.2 Å². The van der Waals surface area contributed by atoms with Crippen molar-refractivity contribution in [1.82, 2.24) is 5.32 Å². The Morgan fingerprint density at radius 1 is 1.63 bits per heavy atom. The summed E-state index contributed by atoms with van der Waals surface area (Å²) in [5.41, 5.74) is -0.263. The summed E-state index contributed by atoms with van der Waals surface area (Å²) < 4.78 is 6.01. The van der Waals surface area contributed by atoms with Crippen molar-refractivity contribution in [3.8, 4) is 0 Å². The molecule has 1 aromatic carbocycles. The van der Waals surface area contributed by atoms with Gasteiger partial charge in [-0.25, -0.2) is 0 Å². The van der Waals surface area contributed by atoms with Gasteiger partial charge in [-0.2, -0.15) is 11.8 Å². The van der Waals surface area contributed by atoms with E-state index >= 15 is 0 Å². The Balaban J connectivity index is 2.23. The summed E-state index contributed by atoms with van der Waals surface area (Å²) in [5, 5.41) is 3.83. The van der Waals surface area contributed by atoms with Crippen molar-refractivity contribution in [1.29, 1.82) is 0 Å². The first kappa shape index (κ1) is 14.9. The number of ketones is 1. The molecule has 104 valence electrons. The maximum Gasteiger partial charge on any atom is 0.205 e. The topological polar surface area (TPSA) is 38.3 Å². The second-order valence-electron chi connectivity index (χ2n) is 4.53. The lowest BCUT2D eigenvalue weighted by atomic mass is 9.99. The van der Waals surface area contributed by atoms with Crippen LogP contribution in [0.1, 0.15) is 19.4 Å². The fourth-order valence-corrected chi connectivity index (χ4v) is 3.10. The predicted molar refractivity (Wildman–Crippen MR) is 79.7 cm³/mol. The molecule has 0 saturated carbocycles. The van der Waals surface area contributed by atoms with Gasteiger partial charge in [0.05, 0.1) is 6.10 Å². The molecule has 2 unspecified atom stereocenters. The molecule has 3 nitrogen and oxygen atoms in total. The number of hydrogen-bond acceptors (Lipinski definition) is 4. The van der Waals surface area contributed by atoms with Crippen molar-refractivity contribution >= 4 is 29.1 Å². The second-order valence-corrected chi connectivity index (χ2v) is 6.28. The quantitative estimate of drug-likeness (QED) is 0.907. The van der Waals surface area contributed by atoms with Crippen LogP contribution in [0.5, 0.6) is 0 Å². The molecule has 1 heterocycles. The van der Waals surface area contributed by atoms with E-state index in [1.54, 1.807) is 19.1 Å². The molecule has 1 aliphatic rings. The van der Waals surface area contributed by atoms with Crippen LogP contribution in [0.3, 0.4) is 0 Å². The molecular formula is C14H18ClNO2S. The smallest absolute Gasteiger partial charge is 0.205 e. The Morgan fingerprint density at radius 2 is 2.42 bits per heavy atom. The molecule has 0 aliphatic carbocycles. The third-order valence-electron chi connectivity index (χ3n) is 3.16. The highest BCUT2D eigenvalue weighted by Gasteiger charge is 2.45. The van der Waals surface area contributed by atoms with Gasteiger partial charge < -0.3 is 4.74 Å². The first-order chi connectivity index (χ1) is 9.08. The Kier molecular flexibility index (Phi) is 4.90. The Hall–Kier alpha value is -0.550. The van der Waals surface area contributed by atoms with Crippen molar-refractivity contribution in [3.05, 3.63) is 34.9 Å². The van der Waals surface area contributed by atoms with E-state index in [4.69, 9.17) is 16.3 Å². The normalized spacial score (nSPS) is 26.6. The highest BCUT2D eigenvalue weighted by atomic mass is 35.5. The van der Waals surface area contributed by atoms with Crippen LogP contribution in [-0.4, -0.2) is 29.9 Å². The summed E-state index contributed by atoms with van der Waals surface area (Å²) in [6.45, 7) is 4.34. The van der Waals surface area contributed by atoms with Gasteiger partial charge in [0.1, 0.15) is 0 Å². The molecule has 0 bridgehead atoms. The zero-order valence-corrected chi connectivity index (χ0v) is 12.7. The van der Waals surface area contributed by atoms with Gasteiger partial charge in [-0.3, -0.25) is 10.1 Å². The van der Waals surface area contributed by atoms with E-state index in [1.165, 1.54) is 0 Å². The Bertz CT molecular complexity index is 469. The molecule has 5 heteroatoms. The minimum Gasteiger partial charge on any atom is -0.344 e. The first-order valence-electron chi connectivity index (χ1n) is 6.36. The molecule has 0 radical (unpaired) electrons. The number of hydrogen-bond donors (Lipinski definition) is 1. The van der Waals surface area contributed by atoms with Crippen LogP contribution in [-0.2, 0) is 15.3 Å². The second kappa shape index (κ2) is 6.27. The number of halogens is 1. The molecule has 1 fully saturated rings. The third kappa shape index (κ3) is 3.14. The van der Waals surface area contributed by atoms with Gasteiger partial charge in [0, 0.05) is 22.9 Å². The highest BCUT2D eigenvalue weighted by molar-refractivity contribution is 7.99. The summed E-state index contributed by atoms with van der Waals surface area (Å²) >= 11 is 7.82. The fraction of sp³-hybridized carbons (Fsp3) is 0.500. The minimum atomic E-state index is -1.04. The number of carbonyl (C=O) groups excluding carboxylic acids is 1. The molecule has 1 aromatic rings. The SMILES string of the molecule is CCSCC1CNC(C(C)=O)(c2cccc(Cl)c2)O1. The Morgan fingerprint density at radius 3 is 3.05 bits per heavy atom. The standard InChI is InChI=1S/C14H18ClNO2S/c1-3-19-9-13-8-16-14(18-13,10(2)17)11-5-4-6-12(15)7-11/h4-7,13,16H,3,8-9H2,1-2H3. The van der Waals surface area contributed by atoms with E-state index in [0.717, 1.165) is 17.1 Å². The predicted octanol–water partition coefficient (Wildman–Crippen LogP) is 2.82. The van der Waals surface area contributed by atoms with Crippen LogP contribution >= 0.6 is 23.4 Å². The number of rotatable bonds is 5. The average molecular weight is 300 g/mol. The number of Topliss-reactive ketones (excluding diaryl/α,β-unsaturated/α-hetero) is 1. The summed E-state index contributed by atoms with van der Waals surface area (Å²) in [6.07, 6.45) is 0.0489. The fourth-order valence-electron chi connectivity index (χ4n) is 2.22. The van der Waals surface area contributed by atoms with Gasteiger partial charge in [0.15, 0.2) is 5.78 Å². The van der Waals surface area contributed by atoms with Gasteiger partial charge in [0.2, 0.25) is 5.72 Å². The van der Waals surface area contributed by atoms with E-state index < -0.39 is 5.72 Å². The number of carbonyl (C=O) groups is 1. The van der Waals surface area contributed by atoms with Crippen molar-refractivity contribution in [2.45, 2.75) is 25.7 Å². The number of thioether (sulfide) groups is 1. The summed E-state index contributed by atoms with van der Waals surface area (Å²) in [4.78, 5) is 12.1. The van der Waals surface area contributed by atoms with Crippen molar-refractivity contribution in [2.75, 3.05) is 18.1 Å². The van der Waals surface area contributed by atoms with Crippen molar-refractivity contribution in [2.24, 2.45) is 0 Å². The maximum absolute atomic E-state index is 12.1. The van der Waals surface area contributed by atoms with Crippen LogP contribution < -0.4 is 5.32 Å². The van der Waals surface area contributed by atoms with Gasteiger partial charge >= 0.3 is 0 Å². The summed E-state index contributed by atoms with van der Waals surface area (Å²) in [6, 6.07) is 7.28. The maximum atomic E-state index is 12.1. The molecule has 2 rings (SSSR count). The van der Waals surface area contributed by atoms with Crippen LogP contribution in [0.15, 0.2) is 24.3 Å². The lowest BCUT2D eigenvalue weighted by Crippen LogP contribution is -2.44. The largest absolute Gasteiger partial charge is 0.344 e.